The normalized spacial score (nSPS) is 12.6. The van der Waals surface area contributed by atoms with Gasteiger partial charge in [-0.3, -0.25) is 4.98 Å². The van der Waals surface area contributed by atoms with Crippen molar-refractivity contribution in [2.45, 2.75) is 12.0 Å². The molecule has 0 bridgehead atoms. The number of carbonyl (C=O) groups excluding carboxylic acids is 1. The second-order valence-electron chi connectivity index (χ2n) is 7.68. The van der Waals surface area contributed by atoms with E-state index >= 15 is 0 Å². The van der Waals surface area contributed by atoms with E-state index in [0.29, 0.717) is 38.4 Å². The van der Waals surface area contributed by atoms with Crippen LogP contribution in [0.2, 0.25) is 15.1 Å². The third-order valence-corrected chi connectivity index (χ3v) is 5.90. The van der Waals surface area contributed by atoms with Gasteiger partial charge >= 0.3 is 6.03 Å². The van der Waals surface area contributed by atoms with Gasteiger partial charge in [-0.25, -0.2) is 9.18 Å². The van der Waals surface area contributed by atoms with Crippen molar-refractivity contribution in [2.24, 2.45) is 0 Å². The molecule has 172 valence electrons. The van der Waals surface area contributed by atoms with Gasteiger partial charge < -0.3 is 10.6 Å². The highest BCUT2D eigenvalue weighted by Crippen LogP contribution is 2.36. The van der Waals surface area contributed by atoms with Crippen molar-refractivity contribution in [3.63, 3.8) is 0 Å². The van der Waals surface area contributed by atoms with Crippen LogP contribution >= 0.6 is 34.8 Å². The van der Waals surface area contributed by atoms with Crippen LogP contribution in [-0.2, 0) is 12.0 Å². The first-order chi connectivity index (χ1) is 16.3. The molecule has 8 heteroatoms. The molecule has 0 fully saturated rings. The number of halogens is 4. The van der Waals surface area contributed by atoms with Gasteiger partial charge in [0.1, 0.15) is 11.4 Å². The van der Waals surface area contributed by atoms with Crippen LogP contribution < -0.4 is 10.6 Å². The summed E-state index contributed by atoms with van der Waals surface area (Å²) in [6.45, 7) is 0. The molecule has 0 aliphatic heterocycles. The van der Waals surface area contributed by atoms with Crippen LogP contribution in [0.1, 0.15) is 16.8 Å². The van der Waals surface area contributed by atoms with E-state index < -0.39 is 17.4 Å². The minimum atomic E-state index is -1.18. The van der Waals surface area contributed by atoms with Crippen molar-refractivity contribution >= 4 is 46.5 Å². The van der Waals surface area contributed by atoms with Gasteiger partial charge in [0.2, 0.25) is 0 Å². The summed E-state index contributed by atoms with van der Waals surface area (Å²) < 4.78 is 13.7. The minimum absolute atomic E-state index is 0.305. The molecule has 2 N–H and O–H groups in total. The highest BCUT2D eigenvalue weighted by atomic mass is 35.5. The number of hydrogen-bond acceptors (Lipinski definition) is 2. The standard InChI is InChI=1S/C26H19Cl3FN3O/c27-19-9-10-24(31-16-19)26(15-17-5-2-1-3-6-17,18-11-20(28)13-21(29)12-18)33-25(34)32-23-8-4-7-22(30)14-23/h1-14,16H,15H2,(H2,32,33,34). The first-order valence-corrected chi connectivity index (χ1v) is 11.4. The van der Waals surface area contributed by atoms with Gasteiger partial charge in [-0.05, 0) is 59.7 Å². The molecule has 2 amide bonds. The molecule has 34 heavy (non-hydrogen) atoms. The Kier molecular flexibility index (Phi) is 7.37. The zero-order chi connectivity index (χ0) is 24.1. The van der Waals surface area contributed by atoms with Crippen molar-refractivity contribution in [3.05, 3.63) is 129 Å². The van der Waals surface area contributed by atoms with Crippen molar-refractivity contribution in [1.82, 2.24) is 10.3 Å². The second-order valence-corrected chi connectivity index (χ2v) is 8.99. The molecule has 4 aromatic rings. The summed E-state index contributed by atoms with van der Waals surface area (Å²) in [4.78, 5) is 17.8. The monoisotopic (exact) mass is 513 g/mol. The molecule has 0 radical (unpaired) electrons. The zero-order valence-electron chi connectivity index (χ0n) is 17.7. The Morgan fingerprint density at radius 3 is 2.24 bits per heavy atom. The Balaban J connectivity index is 1.85. The fourth-order valence-corrected chi connectivity index (χ4v) is 4.41. The molecule has 0 spiro atoms. The van der Waals surface area contributed by atoms with Gasteiger partial charge in [0.25, 0.3) is 0 Å². The molecule has 4 nitrogen and oxygen atoms in total. The number of benzene rings is 3. The molecular weight excluding hydrogens is 496 g/mol. The number of aromatic nitrogens is 1. The van der Waals surface area contributed by atoms with Crippen molar-refractivity contribution in [2.75, 3.05) is 5.32 Å². The largest absolute Gasteiger partial charge is 0.322 e. The maximum absolute atomic E-state index is 13.7. The Morgan fingerprint density at radius 1 is 0.853 bits per heavy atom. The van der Waals surface area contributed by atoms with E-state index in [4.69, 9.17) is 34.8 Å². The van der Waals surface area contributed by atoms with Crippen molar-refractivity contribution < 1.29 is 9.18 Å². The predicted octanol–water partition coefficient (Wildman–Crippen LogP) is 7.49. The lowest BCUT2D eigenvalue weighted by atomic mass is 9.80. The molecule has 4 rings (SSSR count). The fourth-order valence-electron chi connectivity index (χ4n) is 3.77. The van der Waals surface area contributed by atoms with Gasteiger partial charge in [0.05, 0.1) is 10.7 Å². The average Bonchev–Trinajstić information content (AvgIpc) is 2.79. The maximum Gasteiger partial charge on any atom is 0.320 e. The fraction of sp³-hybridized carbons (Fsp3) is 0.0769. The number of amides is 2. The number of urea groups is 1. The smallest absolute Gasteiger partial charge is 0.320 e. The third kappa shape index (κ3) is 5.68. The van der Waals surface area contributed by atoms with Gasteiger partial charge in [-0.1, -0.05) is 71.2 Å². The van der Waals surface area contributed by atoms with E-state index in [1.807, 2.05) is 30.3 Å². The van der Waals surface area contributed by atoms with Crippen molar-refractivity contribution in [1.29, 1.82) is 0 Å². The van der Waals surface area contributed by atoms with Crippen LogP contribution in [0.25, 0.3) is 0 Å². The molecular formula is C26H19Cl3FN3O. The van der Waals surface area contributed by atoms with Crippen LogP contribution in [-0.4, -0.2) is 11.0 Å². The Hall–Kier alpha value is -3.12. The predicted molar refractivity (Wildman–Crippen MR) is 135 cm³/mol. The number of nitrogens with one attached hydrogen (secondary N) is 2. The summed E-state index contributed by atoms with van der Waals surface area (Å²) >= 11 is 18.8. The first kappa shape index (κ1) is 24.0. The quantitative estimate of drug-likeness (QED) is 0.280. The van der Waals surface area contributed by atoms with E-state index in [0.717, 1.165) is 5.56 Å². The van der Waals surface area contributed by atoms with E-state index in [2.05, 4.69) is 15.6 Å². The van der Waals surface area contributed by atoms with Gasteiger partial charge in [0.15, 0.2) is 0 Å². The lowest BCUT2D eigenvalue weighted by molar-refractivity contribution is 0.241. The Bertz CT molecular complexity index is 1280. The highest BCUT2D eigenvalue weighted by molar-refractivity contribution is 6.34. The summed E-state index contributed by atoms with van der Waals surface area (Å²) in [7, 11) is 0. The molecule has 1 atom stereocenters. The highest BCUT2D eigenvalue weighted by Gasteiger charge is 2.38. The van der Waals surface area contributed by atoms with Gasteiger partial charge in [-0.15, -0.1) is 0 Å². The molecule has 1 aromatic heterocycles. The van der Waals surface area contributed by atoms with Crippen LogP contribution in [0.15, 0.2) is 91.1 Å². The summed E-state index contributed by atoms with van der Waals surface area (Å²) in [5.41, 5.74) is 1.20. The number of anilines is 1. The molecule has 3 aromatic carbocycles. The number of rotatable bonds is 6. The SMILES string of the molecule is O=C(Nc1cccc(F)c1)NC(Cc1ccccc1)(c1cc(Cl)cc(Cl)c1)c1ccc(Cl)cn1. The van der Waals surface area contributed by atoms with Crippen LogP contribution in [0.4, 0.5) is 14.9 Å². The van der Waals surface area contributed by atoms with Crippen LogP contribution in [0, 0.1) is 5.82 Å². The lowest BCUT2D eigenvalue weighted by Crippen LogP contribution is -2.50. The average molecular weight is 515 g/mol. The summed E-state index contributed by atoms with van der Waals surface area (Å²) in [6, 6.07) is 23.2. The van der Waals surface area contributed by atoms with Crippen molar-refractivity contribution in [3.8, 4) is 0 Å². The summed E-state index contributed by atoms with van der Waals surface area (Å²) in [5, 5.41) is 7.01. The van der Waals surface area contributed by atoms with E-state index in [9.17, 15) is 9.18 Å². The number of pyridine rings is 1. The molecule has 0 aliphatic carbocycles. The number of hydrogen-bond donors (Lipinski definition) is 2. The zero-order valence-corrected chi connectivity index (χ0v) is 20.0. The van der Waals surface area contributed by atoms with Crippen LogP contribution in [0.3, 0.4) is 0 Å². The van der Waals surface area contributed by atoms with Crippen LogP contribution in [0.5, 0.6) is 0 Å². The maximum atomic E-state index is 13.7. The number of nitrogens with zero attached hydrogens (tertiary/aromatic N) is 1. The second kappa shape index (κ2) is 10.4. The van der Waals surface area contributed by atoms with E-state index in [1.165, 1.54) is 24.4 Å². The molecule has 0 aliphatic rings. The number of carbonyl (C=O) groups is 1. The topological polar surface area (TPSA) is 54.0 Å². The lowest BCUT2D eigenvalue weighted by Gasteiger charge is -2.35. The van der Waals surface area contributed by atoms with Gasteiger partial charge in [-0.2, -0.15) is 0 Å². The molecule has 0 saturated heterocycles. The molecule has 1 unspecified atom stereocenters. The first-order valence-electron chi connectivity index (χ1n) is 10.3. The summed E-state index contributed by atoms with van der Waals surface area (Å²) in [6.07, 6.45) is 1.84. The molecule has 1 heterocycles. The Labute approximate surface area is 211 Å². The molecule has 0 saturated carbocycles. The summed E-state index contributed by atoms with van der Waals surface area (Å²) in [5.74, 6) is -0.464. The third-order valence-electron chi connectivity index (χ3n) is 5.24. The Morgan fingerprint density at radius 2 is 1.59 bits per heavy atom. The van der Waals surface area contributed by atoms with E-state index in [1.54, 1.807) is 36.4 Å². The van der Waals surface area contributed by atoms with Gasteiger partial charge in [0, 0.05) is 28.4 Å². The minimum Gasteiger partial charge on any atom is -0.322 e. The van der Waals surface area contributed by atoms with E-state index in [-0.39, 0.29) is 0 Å².